The summed E-state index contributed by atoms with van der Waals surface area (Å²) in [5, 5.41) is 4.42. The summed E-state index contributed by atoms with van der Waals surface area (Å²) in [6, 6.07) is 1.02. The zero-order valence-electron chi connectivity index (χ0n) is 15.6. The number of aryl methyl sites for hydroxylation is 3. The summed E-state index contributed by atoms with van der Waals surface area (Å²) in [5.74, 6) is 0.156. The number of carbonyl (C=O) groups excluding carboxylic acids is 1. The van der Waals surface area contributed by atoms with Gasteiger partial charge in [0.2, 0.25) is 5.91 Å². The molecule has 1 N–H and O–H groups in total. The van der Waals surface area contributed by atoms with Gasteiger partial charge in [0, 0.05) is 43.0 Å². The first kappa shape index (κ1) is 17.4. The van der Waals surface area contributed by atoms with Crippen molar-refractivity contribution in [2.75, 3.05) is 13.1 Å². The average Bonchev–Trinajstić information content (AvgIpc) is 3.20. The Labute approximate surface area is 162 Å². The Morgan fingerprint density at radius 2 is 2.07 bits per heavy atom. The van der Waals surface area contributed by atoms with Gasteiger partial charge in [0.15, 0.2) is 0 Å². The van der Waals surface area contributed by atoms with E-state index in [1.165, 1.54) is 23.3 Å². The van der Waals surface area contributed by atoms with Gasteiger partial charge in [-0.05, 0) is 50.5 Å². The molecule has 2 unspecified atom stereocenters. The fourth-order valence-electron chi connectivity index (χ4n) is 4.88. The lowest BCUT2D eigenvalue weighted by Crippen LogP contribution is -2.39. The van der Waals surface area contributed by atoms with Crippen molar-refractivity contribution in [1.82, 2.24) is 19.8 Å². The molecule has 1 aliphatic carbocycles. The number of hydrogen-bond acceptors (Lipinski definition) is 5. The molecule has 7 heteroatoms. The van der Waals surface area contributed by atoms with E-state index >= 15 is 0 Å². The quantitative estimate of drug-likeness (QED) is 0.877. The van der Waals surface area contributed by atoms with Crippen LogP contribution < -0.4 is 10.9 Å². The SMILES string of the molecule is O=C(CCn1cnc2sc3c(c2c1=O)CCCC3)N1CCC2CCC(C1)N2. The van der Waals surface area contributed by atoms with Gasteiger partial charge in [-0.2, -0.15) is 0 Å². The summed E-state index contributed by atoms with van der Waals surface area (Å²) in [5.41, 5.74) is 1.25. The molecular weight excluding hydrogens is 360 g/mol. The molecule has 4 heterocycles. The highest BCUT2D eigenvalue weighted by atomic mass is 32.1. The van der Waals surface area contributed by atoms with E-state index in [9.17, 15) is 9.59 Å². The summed E-state index contributed by atoms with van der Waals surface area (Å²) in [6.07, 6.45) is 9.85. The van der Waals surface area contributed by atoms with E-state index in [1.54, 1.807) is 22.2 Å². The maximum Gasteiger partial charge on any atom is 0.262 e. The number of fused-ring (bicyclic) bond motifs is 5. The number of nitrogens with zero attached hydrogens (tertiary/aromatic N) is 3. The number of rotatable bonds is 3. The van der Waals surface area contributed by atoms with Gasteiger partial charge in [0.25, 0.3) is 5.56 Å². The highest BCUT2D eigenvalue weighted by Gasteiger charge is 2.31. The van der Waals surface area contributed by atoms with Crippen LogP contribution in [0.15, 0.2) is 11.1 Å². The number of hydrogen-bond donors (Lipinski definition) is 1. The summed E-state index contributed by atoms with van der Waals surface area (Å²) >= 11 is 1.67. The van der Waals surface area contributed by atoms with Crippen LogP contribution in [0.4, 0.5) is 0 Å². The van der Waals surface area contributed by atoms with E-state index in [1.807, 2.05) is 4.90 Å². The lowest BCUT2D eigenvalue weighted by Gasteiger charge is -2.24. The van der Waals surface area contributed by atoms with E-state index in [4.69, 9.17) is 0 Å². The highest BCUT2D eigenvalue weighted by molar-refractivity contribution is 7.18. The van der Waals surface area contributed by atoms with Crippen LogP contribution in [-0.4, -0.2) is 45.5 Å². The molecule has 0 aromatic carbocycles. The summed E-state index contributed by atoms with van der Waals surface area (Å²) in [7, 11) is 0. The standard InChI is InChI=1S/C20H26N4O2S/c25-17(23-9-7-13-5-6-14(11-23)22-13)8-10-24-12-21-19-18(20(24)26)15-3-1-2-4-16(15)27-19/h12-14,22H,1-11H2. The second-order valence-electron chi connectivity index (χ2n) is 8.15. The minimum Gasteiger partial charge on any atom is -0.341 e. The molecule has 2 atom stereocenters. The molecule has 27 heavy (non-hydrogen) atoms. The summed E-state index contributed by atoms with van der Waals surface area (Å²) < 4.78 is 1.64. The van der Waals surface area contributed by atoms with Crippen LogP contribution in [0.3, 0.4) is 0 Å². The van der Waals surface area contributed by atoms with Gasteiger partial charge in [-0.15, -0.1) is 11.3 Å². The van der Waals surface area contributed by atoms with Crippen molar-refractivity contribution >= 4 is 27.5 Å². The van der Waals surface area contributed by atoms with Gasteiger partial charge in [0.1, 0.15) is 4.83 Å². The minimum atomic E-state index is 0.0313. The number of thiophene rings is 1. The predicted octanol–water partition coefficient (Wildman–Crippen LogP) is 2.08. The maximum atomic E-state index is 13.0. The second-order valence-corrected chi connectivity index (χ2v) is 9.23. The third-order valence-corrected chi connectivity index (χ3v) is 7.58. The molecule has 3 aliphatic rings. The van der Waals surface area contributed by atoms with Gasteiger partial charge < -0.3 is 10.2 Å². The van der Waals surface area contributed by atoms with Gasteiger partial charge in [-0.1, -0.05) is 0 Å². The largest absolute Gasteiger partial charge is 0.341 e. The van der Waals surface area contributed by atoms with Crippen molar-refractivity contribution in [2.24, 2.45) is 0 Å². The molecule has 2 bridgehead atoms. The Bertz CT molecular complexity index is 934. The van der Waals surface area contributed by atoms with E-state index in [0.29, 0.717) is 25.0 Å². The van der Waals surface area contributed by atoms with Crippen molar-refractivity contribution in [3.05, 3.63) is 27.1 Å². The Morgan fingerprint density at radius 1 is 1.22 bits per heavy atom. The molecule has 5 rings (SSSR count). The van der Waals surface area contributed by atoms with Crippen LogP contribution in [0.1, 0.15) is 49.0 Å². The van der Waals surface area contributed by atoms with Gasteiger partial charge in [-0.3, -0.25) is 14.2 Å². The van der Waals surface area contributed by atoms with E-state index in [-0.39, 0.29) is 11.5 Å². The number of nitrogens with one attached hydrogen (secondary N) is 1. The number of aromatic nitrogens is 2. The molecule has 2 aromatic rings. The third-order valence-electron chi connectivity index (χ3n) is 6.38. The Morgan fingerprint density at radius 3 is 3.00 bits per heavy atom. The monoisotopic (exact) mass is 386 g/mol. The smallest absolute Gasteiger partial charge is 0.262 e. The third kappa shape index (κ3) is 3.21. The molecule has 1 amide bonds. The molecule has 6 nitrogen and oxygen atoms in total. The summed E-state index contributed by atoms with van der Waals surface area (Å²) in [6.45, 7) is 2.06. The summed E-state index contributed by atoms with van der Waals surface area (Å²) in [4.78, 5) is 34.4. The van der Waals surface area contributed by atoms with E-state index in [0.717, 1.165) is 55.4 Å². The van der Waals surface area contributed by atoms with Crippen molar-refractivity contribution in [2.45, 2.75) is 70.0 Å². The van der Waals surface area contributed by atoms with Gasteiger partial charge in [0.05, 0.1) is 11.7 Å². The topological polar surface area (TPSA) is 67.2 Å². The zero-order chi connectivity index (χ0) is 18.4. The fourth-order valence-corrected chi connectivity index (χ4v) is 6.10. The molecule has 144 valence electrons. The predicted molar refractivity (Wildman–Crippen MR) is 106 cm³/mol. The molecule has 2 aliphatic heterocycles. The van der Waals surface area contributed by atoms with E-state index < -0.39 is 0 Å². The van der Waals surface area contributed by atoms with Crippen LogP contribution in [0.25, 0.3) is 10.2 Å². The van der Waals surface area contributed by atoms with Crippen LogP contribution >= 0.6 is 11.3 Å². The normalized spacial score (nSPS) is 24.8. The Balaban J connectivity index is 1.32. The van der Waals surface area contributed by atoms with Crippen LogP contribution in [0.2, 0.25) is 0 Å². The van der Waals surface area contributed by atoms with Crippen molar-refractivity contribution in [3.8, 4) is 0 Å². The van der Waals surface area contributed by atoms with Crippen LogP contribution in [-0.2, 0) is 24.2 Å². The first-order chi connectivity index (χ1) is 13.2. The van der Waals surface area contributed by atoms with Crippen molar-refractivity contribution < 1.29 is 4.79 Å². The number of carbonyl (C=O) groups is 1. The molecular formula is C20H26N4O2S. The minimum absolute atomic E-state index is 0.0313. The molecule has 2 aromatic heterocycles. The van der Waals surface area contributed by atoms with Crippen molar-refractivity contribution in [3.63, 3.8) is 0 Å². The van der Waals surface area contributed by atoms with Crippen LogP contribution in [0.5, 0.6) is 0 Å². The molecule has 2 saturated heterocycles. The first-order valence-corrected chi connectivity index (χ1v) is 11.0. The number of likely N-dealkylation sites (tertiary alicyclic amines) is 1. The Hall–Kier alpha value is -1.73. The highest BCUT2D eigenvalue weighted by Crippen LogP contribution is 2.33. The van der Waals surface area contributed by atoms with Gasteiger partial charge >= 0.3 is 0 Å². The van der Waals surface area contributed by atoms with E-state index in [2.05, 4.69) is 10.3 Å². The molecule has 0 radical (unpaired) electrons. The lowest BCUT2D eigenvalue weighted by molar-refractivity contribution is -0.131. The zero-order valence-corrected chi connectivity index (χ0v) is 16.4. The Kier molecular flexibility index (Phi) is 4.52. The fraction of sp³-hybridized carbons (Fsp3) is 0.650. The van der Waals surface area contributed by atoms with Crippen molar-refractivity contribution in [1.29, 1.82) is 0 Å². The second kappa shape index (κ2) is 7.02. The molecule has 0 saturated carbocycles. The number of amides is 1. The van der Waals surface area contributed by atoms with Gasteiger partial charge in [-0.25, -0.2) is 4.98 Å². The molecule has 2 fully saturated rings. The molecule has 0 spiro atoms. The lowest BCUT2D eigenvalue weighted by atomic mass is 9.97. The first-order valence-electron chi connectivity index (χ1n) is 10.2. The average molecular weight is 387 g/mol. The van der Waals surface area contributed by atoms with Crippen LogP contribution in [0, 0.1) is 0 Å². The maximum absolute atomic E-state index is 13.0.